The van der Waals surface area contributed by atoms with Crippen molar-refractivity contribution in [1.29, 1.82) is 0 Å². The molecule has 0 saturated heterocycles. The Kier molecular flexibility index (Phi) is 7.37. The maximum absolute atomic E-state index is 6.25. The molecule has 0 aliphatic carbocycles. The van der Waals surface area contributed by atoms with Gasteiger partial charge in [-0.15, -0.1) is 5.54 Å². The van der Waals surface area contributed by atoms with Crippen LogP contribution in [0, 0.1) is 11.5 Å². The van der Waals surface area contributed by atoms with Gasteiger partial charge >= 0.3 is 0 Å². The Morgan fingerprint density at radius 2 is 1.43 bits per heavy atom. The van der Waals surface area contributed by atoms with Crippen molar-refractivity contribution in [1.82, 2.24) is 0 Å². The molecule has 5 rings (SSSR count). The zero-order valence-electron chi connectivity index (χ0n) is 21.5. The topological polar surface area (TPSA) is 30.8 Å². The van der Waals surface area contributed by atoms with E-state index in [9.17, 15) is 0 Å². The van der Waals surface area contributed by atoms with Crippen LogP contribution in [0.4, 0.5) is 0 Å². The van der Waals surface area contributed by atoms with Gasteiger partial charge < -0.3 is 9.47 Å². The van der Waals surface area contributed by atoms with Crippen LogP contribution in [-0.2, 0) is 4.74 Å². The second-order valence-electron chi connectivity index (χ2n) is 10.1. The Balaban J connectivity index is 1.64. The van der Waals surface area contributed by atoms with Crippen LogP contribution in [0.5, 0.6) is 5.75 Å². The fourth-order valence-electron chi connectivity index (χ4n) is 4.43. The molecule has 4 aromatic carbocycles. The summed E-state index contributed by atoms with van der Waals surface area (Å²) in [5.74, 6) is 4.33. The summed E-state index contributed by atoms with van der Waals surface area (Å²) >= 11 is 0. The van der Waals surface area contributed by atoms with Crippen molar-refractivity contribution in [3.05, 3.63) is 114 Å². The van der Waals surface area contributed by atoms with E-state index in [1.165, 1.54) is 0 Å². The van der Waals surface area contributed by atoms with Crippen molar-refractivity contribution in [3.8, 4) is 39.5 Å². The fourth-order valence-corrected chi connectivity index (χ4v) is 5.01. The minimum atomic E-state index is -1.62. The van der Waals surface area contributed by atoms with Crippen LogP contribution in [0.3, 0.4) is 0 Å². The number of aliphatic imine (C=N–C) groups is 1. The van der Waals surface area contributed by atoms with Gasteiger partial charge in [-0.3, -0.25) is 4.99 Å². The van der Waals surface area contributed by atoms with Crippen LogP contribution in [0.1, 0.15) is 17.2 Å². The maximum Gasteiger partial charge on any atom is 0.189 e. The lowest BCUT2D eigenvalue weighted by molar-refractivity contribution is -0.0621. The van der Waals surface area contributed by atoms with E-state index in [1.807, 2.05) is 48.7 Å². The fraction of sp³-hybridized carbons (Fsp3) is 0.182. The molecular formula is C33H31NO2Si. The molecule has 4 aromatic rings. The highest BCUT2D eigenvalue weighted by atomic mass is 28.3. The average molecular weight is 502 g/mol. The van der Waals surface area contributed by atoms with Gasteiger partial charge in [0.2, 0.25) is 0 Å². The van der Waals surface area contributed by atoms with Gasteiger partial charge in [0.25, 0.3) is 0 Å². The summed E-state index contributed by atoms with van der Waals surface area (Å²) in [4.78, 5) is 4.95. The van der Waals surface area contributed by atoms with Gasteiger partial charge in [-0.05, 0) is 22.3 Å². The predicted octanol–water partition coefficient (Wildman–Crippen LogP) is 7.80. The second kappa shape index (κ2) is 11.0. The van der Waals surface area contributed by atoms with Crippen molar-refractivity contribution in [2.75, 3.05) is 6.79 Å². The average Bonchev–Trinajstić information content (AvgIpc) is 2.93. The standard InChI is InChI=1S/C33H31NO2Si/c1-37(2,3)22-21-30(34-23-25-13-7-4-8-14-25)32-29-20-19-28(26-15-9-5-10-16-26)31(33(29)36-24-35-32)27-17-11-6-12-18-27/h4-20,23,30,32H,24H2,1-3H3. The first-order chi connectivity index (χ1) is 18.0. The van der Waals surface area contributed by atoms with Crippen molar-refractivity contribution >= 4 is 14.3 Å². The van der Waals surface area contributed by atoms with E-state index in [2.05, 4.69) is 91.8 Å². The first-order valence-electron chi connectivity index (χ1n) is 12.6. The molecule has 0 radical (unpaired) electrons. The number of hydrogen-bond donors (Lipinski definition) is 0. The van der Waals surface area contributed by atoms with Gasteiger partial charge in [0.15, 0.2) is 6.79 Å². The van der Waals surface area contributed by atoms with Gasteiger partial charge in [-0.25, -0.2) is 0 Å². The lowest BCUT2D eigenvalue weighted by Gasteiger charge is -2.31. The van der Waals surface area contributed by atoms with E-state index < -0.39 is 8.07 Å². The lowest BCUT2D eigenvalue weighted by atomic mass is 9.88. The third-order valence-electron chi connectivity index (χ3n) is 6.16. The Labute approximate surface area is 220 Å². The first-order valence-corrected chi connectivity index (χ1v) is 16.1. The number of hydrogen-bond acceptors (Lipinski definition) is 3. The van der Waals surface area contributed by atoms with Crippen LogP contribution in [-0.4, -0.2) is 27.1 Å². The third kappa shape index (κ3) is 5.91. The summed E-state index contributed by atoms with van der Waals surface area (Å²) in [6, 6.07) is 34.9. The highest BCUT2D eigenvalue weighted by molar-refractivity contribution is 6.83. The lowest BCUT2D eigenvalue weighted by Crippen LogP contribution is -2.27. The van der Waals surface area contributed by atoms with Gasteiger partial charge in [-0.1, -0.05) is 129 Å². The summed E-state index contributed by atoms with van der Waals surface area (Å²) in [6.07, 6.45) is 1.57. The number of rotatable bonds is 5. The molecule has 0 bridgehead atoms. The summed E-state index contributed by atoms with van der Waals surface area (Å²) in [5.41, 5.74) is 10.00. The number of benzene rings is 4. The van der Waals surface area contributed by atoms with E-state index in [0.717, 1.165) is 39.1 Å². The maximum atomic E-state index is 6.25. The Hall–Kier alpha value is -3.91. The van der Waals surface area contributed by atoms with Crippen molar-refractivity contribution in [3.63, 3.8) is 0 Å². The Morgan fingerprint density at radius 1 is 0.811 bits per heavy atom. The summed E-state index contributed by atoms with van der Waals surface area (Å²) in [7, 11) is -1.62. The third-order valence-corrected chi connectivity index (χ3v) is 7.05. The molecule has 3 nitrogen and oxygen atoms in total. The highest BCUT2D eigenvalue weighted by Crippen LogP contribution is 2.46. The van der Waals surface area contributed by atoms with Crippen LogP contribution < -0.4 is 4.74 Å². The quantitative estimate of drug-likeness (QED) is 0.159. The van der Waals surface area contributed by atoms with Gasteiger partial charge in [0, 0.05) is 17.3 Å². The smallest absolute Gasteiger partial charge is 0.189 e. The zero-order valence-corrected chi connectivity index (χ0v) is 22.5. The van der Waals surface area contributed by atoms with E-state index in [4.69, 9.17) is 14.5 Å². The molecule has 2 atom stereocenters. The van der Waals surface area contributed by atoms with Crippen molar-refractivity contribution in [2.24, 2.45) is 4.99 Å². The van der Waals surface area contributed by atoms with E-state index in [1.54, 1.807) is 0 Å². The second-order valence-corrected chi connectivity index (χ2v) is 14.9. The molecule has 0 aromatic heterocycles. The normalized spacial score (nSPS) is 15.8. The molecule has 1 heterocycles. The largest absolute Gasteiger partial charge is 0.466 e. The molecule has 37 heavy (non-hydrogen) atoms. The molecule has 0 fully saturated rings. The summed E-state index contributed by atoms with van der Waals surface area (Å²) in [6.45, 7) is 6.89. The molecule has 1 aliphatic heterocycles. The van der Waals surface area contributed by atoms with Crippen LogP contribution in [0.15, 0.2) is 108 Å². The molecule has 1 aliphatic rings. The van der Waals surface area contributed by atoms with Gasteiger partial charge in [0.05, 0.1) is 0 Å². The Bertz CT molecular complexity index is 1430. The van der Waals surface area contributed by atoms with Gasteiger partial charge in [0.1, 0.15) is 26.0 Å². The molecule has 0 spiro atoms. The molecule has 0 saturated carbocycles. The molecule has 184 valence electrons. The van der Waals surface area contributed by atoms with E-state index in [-0.39, 0.29) is 18.9 Å². The van der Waals surface area contributed by atoms with E-state index >= 15 is 0 Å². The molecule has 4 heteroatoms. The van der Waals surface area contributed by atoms with Crippen LogP contribution in [0.25, 0.3) is 22.3 Å². The van der Waals surface area contributed by atoms with Crippen LogP contribution in [0.2, 0.25) is 19.6 Å². The molecular weight excluding hydrogens is 470 g/mol. The first kappa shape index (κ1) is 24.8. The molecule has 2 unspecified atom stereocenters. The van der Waals surface area contributed by atoms with Crippen molar-refractivity contribution < 1.29 is 9.47 Å². The summed E-state index contributed by atoms with van der Waals surface area (Å²) in [5, 5.41) is 0. The zero-order chi connectivity index (χ0) is 25.7. The SMILES string of the molecule is C[Si](C)(C)C#CC(N=Cc1ccccc1)C1OCOc2c1ccc(-c1ccccc1)c2-c1ccccc1. The van der Waals surface area contributed by atoms with Gasteiger partial charge in [-0.2, -0.15) is 0 Å². The molecule has 0 N–H and O–H groups in total. The number of ether oxygens (including phenoxy) is 2. The number of nitrogens with zero attached hydrogens (tertiary/aromatic N) is 1. The Morgan fingerprint density at radius 3 is 2.08 bits per heavy atom. The number of fused-ring (bicyclic) bond motifs is 1. The van der Waals surface area contributed by atoms with E-state index in [0.29, 0.717) is 0 Å². The minimum absolute atomic E-state index is 0.154. The highest BCUT2D eigenvalue weighted by Gasteiger charge is 2.32. The van der Waals surface area contributed by atoms with Crippen molar-refractivity contribution in [2.45, 2.75) is 31.8 Å². The predicted molar refractivity (Wildman–Crippen MR) is 156 cm³/mol. The monoisotopic (exact) mass is 501 g/mol. The minimum Gasteiger partial charge on any atom is -0.466 e. The summed E-state index contributed by atoms with van der Waals surface area (Å²) < 4.78 is 12.5. The van der Waals surface area contributed by atoms with Crippen LogP contribution >= 0.6 is 0 Å². The molecule has 0 amide bonds.